The zero-order valence-electron chi connectivity index (χ0n) is 18.1. The molecule has 0 aliphatic carbocycles. The van der Waals surface area contributed by atoms with Crippen molar-refractivity contribution in [3.05, 3.63) is 80.7 Å². The van der Waals surface area contributed by atoms with Gasteiger partial charge in [0.2, 0.25) is 0 Å². The van der Waals surface area contributed by atoms with Crippen LogP contribution in [0.3, 0.4) is 0 Å². The molecule has 0 saturated carbocycles. The number of hydrogen-bond acceptors (Lipinski definition) is 5. The summed E-state index contributed by atoms with van der Waals surface area (Å²) in [7, 11) is 0. The van der Waals surface area contributed by atoms with Crippen LogP contribution in [0.25, 0.3) is 11.0 Å². The van der Waals surface area contributed by atoms with Crippen LogP contribution in [-0.4, -0.2) is 48.7 Å². The van der Waals surface area contributed by atoms with E-state index >= 15 is 0 Å². The lowest BCUT2D eigenvalue weighted by molar-refractivity contribution is 0.0226. The fourth-order valence-corrected chi connectivity index (χ4v) is 4.32. The summed E-state index contributed by atoms with van der Waals surface area (Å²) in [6.45, 7) is 10.0. The number of fused-ring (bicyclic) bond motifs is 1. The SMILES string of the molecule is Cc1cc2oc(=O)cc(CN(Cc3ccccc3)C(C)CN3CCOCC3)c2cc1Cl. The minimum absolute atomic E-state index is 0.293. The predicted molar refractivity (Wildman–Crippen MR) is 125 cm³/mol. The smallest absolute Gasteiger partial charge is 0.336 e. The Kier molecular flexibility index (Phi) is 7.08. The minimum atomic E-state index is -0.329. The van der Waals surface area contributed by atoms with E-state index in [0.717, 1.165) is 55.9 Å². The van der Waals surface area contributed by atoms with Gasteiger partial charge in [0.15, 0.2) is 0 Å². The summed E-state index contributed by atoms with van der Waals surface area (Å²) in [5, 5.41) is 1.57. The lowest BCUT2D eigenvalue weighted by Crippen LogP contribution is -2.45. The van der Waals surface area contributed by atoms with Gasteiger partial charge in [0.05, 0.1) is 13.2 Å². The summed E-state index contributed by atoms with van der Waals surface area (Å²) in [5.74, 6) is 0. The molecule has 1 aliphatic heterocycles. The molecule has 164 valence electrons. The minimum Gasteiger partial charge on any atom is -0.423 e. The first-order chi connectivity index (χ1) is 15.0. The van der Waals surface area contributed by atoms with Gasteiger partial charge in [0.25, 0.3) is 0 Å². The highest BCUT2D eigenvalue weighted by Gasteiger charge is 2.21. The maximum Gasteiger partial charge on any atom is 0.336 e. The average molecular weight is 441 g/mol. The fourth-order valence-electron chi connectivity index (χ4n) is 4.16. The van der Waals surface area contributed by atoms with Crippen molar-refractivity contribution >= 4 is 22.6 Å². The first-order valence-corrected chi connectivity index (χ1v) is 11.2. The zero-order valence-corrected chi connectivity index (χ0v) is 18.9. The quantitative estimate of drug-likeness (QED) is 0.507. The van der Waals surface area contributed by atoms with Crippen LogP contribution >= 0.6 is 11.6 Å². The van der Waals surface area contributed by atoms with Gasteiger partial charge in [-0.3, -0.25) is 9.80 Å². The number of nitrogens with zero attached hydrogens (tertiary/aromatic N) is 2. The van der Waals surface area contributed by atoms with Gasteiger partial charge in [-0.25, -0.2) is 4.79 Å². The van der Waals surface area contributed by atoms with Gasteiger partial charge in [-0.2, -0.15) is 0 Å². The van der Waals surface area contributed by atoms with E-state index in [1.807, 2.05) is 25.1 Å². The Hall–Kier alpha value is -2.18. The van der Waals surface area contributed by atoms with Crippen LogP contribution in [0.1, 0.15) is 23.6 Å². The van der Waals surface area contributed by atoms with Gasteiger partial charge < -0.3 is 9.15 Å². The van der Waals surface area contributed by atoms with Gasteiger partial charge in [0, 0.05) is 55.2 Å². The molecule has 31 heavy (non-hydrogen) atoms. The largest absolute Gasteiger partial charge is 0.423 e. The van der Waals surface area contributed by atoms with E-state index in [0.29, 0.717) is 23.2 Å². The summed E-state index contributed by atoms with van der Waals surface area (Å²) in [6, 6.07) is 16.1. The van der Waals surface area contributed by atoms with Crippen molar-refractivity contribution in [3.63, 3.8) is 0 Å². The number of rotatable bonds is 7. The highest BCUT2D eigenvalue weighted by molar-refractivity contribution is 6.32. The van der Waals surface area contributed by atoms with Crippen LogP contribution in [-0.2, 0) is 17.8 Å². The molecule has 1 saturated heterocycles. The molecule has 0 N–H and O–H groups in total. The predicted octanol–water partition coefficient (Wildman–Crippen LogP) is 4.48. The molecule has 1 unspecified atom stereocenters. The number of aryl methyl sites for hydroxylation is 1. The molecule has 0 amide bonds. The molecule has 4 rings (SSSR count). The monoisotopic (exact) mass is 440 g/mol. The molecule has 1 aromatic heterocycles. The molecule has 0 radical (unpaired) electrons. The number of benzene rings is 2. The summed E-state index contributed by atoms with van der Waals surface area (Å²) in [6.07, 6.45) is 0. The molecule has 0 bridgehead atoms. The van der Waals surface area contributed by atoms with Crippen molar-refractivity contribution in [1.82, 2.24) is 9.80 Å². The number of morpholine rings is 1. The summed E-state index contributed by atoms with van der Waals surface area (Å²) in [5.41, 5.74) is 3.35. The van der Waals surface area contributed by atoms with Crippen LogP contribution in [0.15, 0.2) is 57.7 Å². The van der Waals surface area contributed by atoms with Crippen LogP contribution < -0.4 is 5.63 Å². The summed E-state index contributed by atoms with van der Waals surface area (Å²) < 4.78 is 11.0. The Morgan fingerprint density at radius 1 is 1.10 bits per heavy atom. The van der Waals surface area contributed by atoms with E-state index in [1.165, 1.54) is 5.56 Å². The van der Waals surface area contributed by atoms with E-state index in [-0.39, 0.29) is 5.63 Å². The third-order valence-corrected chi connectivity index (χ3v) is 6.37. The lowest BCUT2D eigenvalue weighted by Gasteiger charge is -2.35. The summed E-state index contributed by atoms with van der Waals surface area (Å²) in [4.78, 5) is 17.2. The molecule has 3 aromatic rings. The molecule has 1 atom stereocenters. The van der Waals surface area contributed by atoms with Crippen molar-refractivity contribution in [2.24, 2.45) is 0 Å². The standard InChI is InChI=1S/C25H29ClN2O3/c1-18-12-24-22(14-23(18)26)21(13-25(29)31-24)17-28(16-20-6-4-3-5-7-20)19(2)15-27-8-10-30-11-9-27/h3-7,12-14,19H,8-11,15-17H2,1-2H3. The van der Waals surface area contributed by atoms with Gasteiger partial charge in [-0.1, -0.05) is 41.9 Å². The van der Waals surface area contributed by atoms with E-state index in [9.17, 15) is 4.79 Å². The number of halogens is 1. The van der Waals surface area contributed by atoms with Crippen LogP contribution in [0.5, 0.6) is 0 Å². The van der Waals surface area contributed by atoms with Crippen molar-refractivity contribution in [2.75, 3.05) is 32.8 Å². The Morgan fingerprint density at radius 3 is 2.58 bits per heavy atom. The van der Waals surface area contributed by atoms with Gasteiger partial charge in [-0.15, -0.1) is 0 Å². The average Bonchev–Trinajstić information content (AvgIpc) is 2.76. The van der Waals surface area contributed by atoms with E-state index < -0.39 is 0 Å². The van der Waals surface area contributed by atoms with Gasteiger partial charge in [-0.05, 0) is 42.7 Å². The van der Waals surface area contributed by atoms with Crippen LogP contribution in [0.2, 0.25) is 5.02 Å². The van der Waals surface area contributed by atoms with Crippen molar-refractivity contribution < 1.29 is 9.15 Å². The first kappa shape index (κ1) is 22.0. The highest BCUT2D eigenvalue weighted by atomic mass is 35.5. The maximum absolute atomic E-state index is 12.3. The Labute approximate surface area is 188 Å². The Balaban J connectivity index is 1.65. The second-order valence-corrected chi connectivity index (χ2v) is 8.75. The fraction of sp³-hybridized carbons (Fsp3) is 0.400. The normalized spacial score (nSPS) is 16.1. The van der Waals surface area contributed by atoms with Gasteiger partial charge >= 0.3 is 5.63 Å². The molecular weight excluding hydrogens is 412 g/mol. The van der Waals surface area contributed by atoms with E-state index in [2.05, 4.69) is 41.0 Å². The molecule has 5 nitrogen and oxygen atoms in total. The zero-order chi connectivity index (χ0) is 21.8. The molecule has 2 heterocycles. The molecule has 1 aliphatic rings. The second kappa shape index (κ2) is 9.96. The number of hydrogen-bond donors (Lipinski definition) is 0. The third-order valence-electron chi connectivity index (χ3n) is 5.96. The van der Waals surface area contributed by atoms with Crippen molar-refractivity contribution in [2.45, 2.75) is 33.0 Å². The number of ether oxygens (including phenoxy) is 1. The van der Waals surface area contributed by atoms with Crippen LogP contribution in [0, 0.1) is 6.92 Å². The van der Waals surface area contributed by atoms with Crippen LogP contribution in [0.4, 0.5) is 0 Å². The molecule has 0 spiro atoms. The molecule has 2 aromatic carbocycles. The van der Waals surface area contributed by atoms with Crippen molar-refractivity contribution in [1.29, 1.82) is 0 Å². The second-order valence-electron chi connectivity index (χ2n) is 8.34. The third kappa shape index (κ3) is 5.55. The highest BCUT2D eigenvalue weighted by Crippen LogP contribution is 2.27. The lowest BCUT2D eigenvalue weighted by atomic mass is 10.1. The van der Waals surface area contributed by atoms with Gasteiger partial charge in [0.1, 0.15) is 5.58 Å². The Morgan fingerprint density at radius 2 is 1.84 bits per heavy atom. The molecular formula is C25H29ClN2O3. The maximum atomic E-state index is 12.3. The topological polar surface area (TPSA) is 45.9 Å². The van der Waals surface area contributed by atoms with E-state index in [4.69, 9.17) is 20.8 Å². The van der Waals surface area contributed by atoms with E-state index in [1.54, 1.807) is 6.07 Å². The molecule has 6 heteroatoms. The Bertz CT molecular complexity index is 1080. The van der Waals surface area contributed by atoms with Crippen molar-refractivity contribution in [3.8, 4) is 0 Å². The summed E-state index contributed by atoms with van der Waals surface area (Å²) >= 11 is 6.41. The molecule has 1 fully saturated rings. The first-order valence-electron chi connectivity index (χ1n) is 10.8.